The fourth-order valence-electron chi connectivity index (χ4n) is 3.21. The predicted octanol–water partition coefficient (Wildman–Crippen LogP) is 5.50. The van der Waals surface area contributed by atoms with Crippen LogP contribution in [-0.2, 0) is 10.0 Å². The number of hydrogen-bond acceptors (Lipinski definition) is 5. The first-order valence-corrected chi connectivity index (χ1v) is 11.2. The van der Waals surface area contributed by atoms with Crippen molar-refractivity contribution in [1.29, 1.82) is 0 Å². The number of piperidine rings is 1. The van der Waals surface area contributed by atoms with Crippen LogP contribution in [0.25, 0.3) is 0 Å². The van der Waals surface area contributed by atoms with Crippen LogP contribution in [0, 0.1) is 0 Å². The van der Waals surface area contributed by atoms with Crippen LogP contribution in [-0.4, -0.2) is 30.9 Å². The van der Waals surface area contributed by atoms with Crippen LogP contribution in [0.15, 0.2) is 57.6 Å². The van der Waals surface area contributed by atoms with E-state index in [0.29, 0.717) is 30.4 Å². The van der Waals surface area contributed by atoms with Crippen molar-refractivity contribution in [3.05, 3.63) is 48.0 Å². The maximum absolute atomic E-state index is 12.7. The molecule has 0 amide bonds. The van der Waals surface area contributed by atoms with Crippen molar-refractivity contribution in [2.75, 3.05) is 13.1 Å². The minimum Gasteiger partial charge on any atom is -0.506 e. The average Bonchev–Trinajstić information content (AvgIpc) is 2.73. The Labute approximate surface area is 167 Å². The molecule has 0 saturated carbocycles. The summed E-state index contributed by atoms with van der Waals surface area (Å²) in [5.74, 6) is 0.439. The molecule has 0 spiro atoms. The standard InChI is InChI=1S/C21H27N3O3S/c1-3-16(2)17-7-12-21(25)20(15-17)23-22-18-8-10-19(11-9-18)28(26,27)24-13-5-4-6-14-24/h7-12,15-16,25H,3-6,13-14H2,1-2H3. The molecule has 1 aliphatic rings. The van der Waals surface area contributed by atoms with Gasteiger partial charge in [0.1, 0.15) is 11.4 Å². The molecular weight excluding hydrogens is 374 g/mol. The van der Waals surface area contributed by atoms with Crippen molar-refractivity contribution in [3.63, 3.8) is 0 Å². The Bertz CT molecular complexity index is 934. The zero-order chi connectivity index (χ0) is 20.1. The van der Waals surface area contributed by atoms with Crippen LogP contribution in [0.2, 0.25) is 0 Å². The average molecular weight is 402 g/mol. The van der Waals surface area contributed by atoms with Crippen molar-refractivity contribution in [1.82, 2.24) is 4.31 Å². The molecule has 1 aliphatic heterocycles. The first kappa shape index (κ1) is 20.5. The Morgan fingerprint density at radius 1 is 1.04 bits per heavy atom. The zero-order valence-electron chi connectivity index (χ0n) is 16.4. The molecule has 0 aliphatic carbocycles. The number of sulfonamides is 1. The largest absolute Gasteiger partial charge is 0.506 e. The molecule has 6 nitrogen and oxygen atoms in total. The number of nitrogens with zero attached hydrogens (tertiary/aromatic N) is 3. The Morgan fingerprint density at radius 2 is 1.71 bits per heavy atom. The van der Waals surface area contributed by atoms with Crippen LogP contribution < -0.4 is 0 Å². The van der Waals surface area contributed by atoms with E-state index in [1.807, 2.05) is 12.1 Å². The third-order valence-electron chi connectivity index (χ3n) is 5.24. The van der Waals surface area contributed by atoms with Crippen molar-refractivity contribution < 1.29 is 13.5 Å². The summed E-state index contributed by atoms with van der Waals surface area (Å²) in [4.78, 5) is 0.273. The van der Waals surface area contributed by atoms with Gasteiger partial charge in [0.2, 0.25) is 10.0 Å². The van der Waals surface area contributed by atoms with E-state index in [2.05, 4.69) is 24.1 Å². The molecule has 150 valence electrons. The molecule has 1 fully saturated rings. The Hall–Kier alpha value is -2.25. The molecule has 28 heavy (non-hydrogen) atoms. The van der Waals surface area contributed by atoms with Gasteiger partial charge in [-0.2, -0.15) is 9.42 Å². The highest BCUT2D eigenvalue weighted by molar-refractivity contribution is 7.89. The van der Waals surface area contributed by atoms with Gasteiger partial charge >= 0.3 is 0 Å². The van der Waals surface area contributed by atoms with Gasteiger partial charge in [0.25, 0.3) is 0 Å². The second-order valence-electron chi connectivity index (χ2n) is 7.22. The highest BCUT2D eigenvalue weighted by Gasteiger charge is 2.25. The van der Waals surface area contributed by atoms with E-state index in [4.69, 9.17) is 0 Å². The predicted molar refractivity (Wildman–Crippen MR) is 110 cm³/mol. The van der Waals surface area contributed by atoms with Crippen LogP contribution >= 0.6 is 0 Å². The topological polar surface area (TPSA) is 82.3 Å². The lowest BCUT2D eigenvalue weighted by molar-refractivity contribution is 0.346. The summed E-state index contributed by atoms with van der Waals surface area (Å²) < 4.78 is 26.9. The molecule has 1 atom stereocenters. The monoisotopic (exact) mass is 401 g/mol. The highest BCUT2D eigenvalue weighted by Crippen LogP contribution is 2.32. The summed E-state index contributed by atoms with van der Waals surface area (Å²) in [6, 6.07) is 11.8. The van der Waals surface area contributed by atoms with Gasteiger partial charge < -0.3 is 5.11 Å². The number of hydrogen-bond donors (Lipinski definition) is 1. The van der Waals surface area contributed by atoms with Crippen molar-refractivity contribution >= 4 is 21.4 Å². The number of rotatable bonds is 6. The Kier molecular flexibility index (Phi) is 6.46. The summed E-state index contributed by atoms with van der Waals surface area (Å²) in [5.41, 5.74) is 2.03. The van der Waals surface area contributed by atoms with Crippen LogP contribution in [0.3, 0.4) is 0 Å². The smallest absolute Gasteiger partial charge is 0.243 e. The van der Waals surface area contributed by atoms with Gasteiger partial charge in [-0.1, -0.05) is 26.3 Å². The van der Waals surface area contributed by atoms with E-state index in [1.165, 1.54) is 0 Å². The van der Waals surface area contributed by atoms with Crippen LogP contribution in [0.5, 0.6) is 5.75 Å². The minimum absolute atomic E-state index is 0.0695. The molecular formula is C21H27N3O3S. The highest BCUT2D eigenvalue weighted by atomic mass is 32.2. The van der Waals surface area contributed by atoms with Gasteiger partial charge in [0.15, 0.2) is 0 Å². The third-order valence-corrected chi connectivity index (χ3v) is 7.16. The number of benzene rings is 2. The minimum atomic E-state index is -3.45. The molecule has 1 N–H and O–H groups in total. The molecule has 2 aromatic carbocycles. The van der Waals surface area contributed by atoms with E-state index in [-0.39, 0.29) is 10.6 Å². The van der Waals surface area contributed by atoms with Gasteiger partial charge in [0, 0.05) is 13.1 Å². The first-order chi connectivity index (χ1) is 13.4. The molecule has 2 aromatic rings. The fourth-order valence-corrected chi connectivity index (χ4v) is 4.73. The second kappa shape index (κ2) is 8.84. The summed E-state index contributed by atoms with van der Waals surface area (Å²) in [5, 5.41) is 18.3. The van der Waals surface area contributed by atoms with Crippen LogP contribution in [0.1, 0.15) is 51.0 Å². The lowest BCUT2D eigenvalue weighted by atomic mass is 9.98. The van der Waals surface area contributed by atoms with Crippen molar-refractivity contribution in [2.24, 2.45) is 10.2 Å². The maximum atomic E-state index is 12.7. The van der Waals surface area contributed by atoms with E-state index in [9.17, 15) is 13.5 Å². The second-order valence-corrected chi connectivity index (χ2v) is 9.15. The SMILES string of the molecule is CCC(C)c1ccc(O)c(N=Nc2ccc(S(=O)(=O)N3CCCCC3)cc2)c1. The Morgan fingerprint density at radius 3 is 2.36 bits per heavy atom. The van der Waals surface area contributed by atoms with E-state index < -0.39 is 10.0 Å². The molecule has 0 radical (unpaired) electrons. The van der Waals surface area contributed by atoms with Gasteiger partial charge in [0.05, 0.1) is 10.6 Å². The third kappa shape index (κ3) is 4.59. The molecule has 1 unspecified atom stereocenters. The van der Waals surface area contributed by atoms with E-state index in [0.717, 1.165) is 31.2 Å². The van der Waals surface area contributed by atoms with Gasteiger partial charge in [-0.25, -0.2) is 8.42 Å². The molecule has 1 heterocycles. The maximum Gasteiger partial charge on any atom is 0.243 e. The van der Waals surface area contributed by atoms with E-state index in [1.54, 1.807) is 34.6 Å². The quantitative estimate of drug-likeness (QED) is 0.649. The lowest BCUT2D eigenvalue weighted by Crippen LogP contribution is -2.35. The molecule has 7 heteroatoms. The van der Waals surface area contributed by atoms with Crippen LogP contribution in [0.4, 0.5) is 11.4 Å². The number of phenolic OH excluding ortho intramolecular Hbond substituents is 1. The van der Waals surface area contributed by atoms with Gasteiger partial charge in [-0.3, -0.25) is 0 Å². The molecule has 3 rings (SSSR count). The summed E-state index contributed by atoms with van der Waals surface area (Å²) in [6.07, 6.45) is 3.89. The lowest BCUT2D eigenvalue weighted by Gasteiger charge is -2.25. The number of aromatic hydroxyl groups is 1. The zero-order valence-corrected chi connectivity index (χ0v) is 17.2. The summed E-state index contributed by atoms with van der Waals surface area (Å²) in [7, 11) is -3.45. The number of azo groups is 1. The van der Waals surface area contributed by atoms with Crippen molar-refractivity contribution in [2.45, 2.75) is 50.3 Å². The molecule has 0 aromatic heterocycles. The first-order valence-electron chi connectivity index (χ1n) is 9.76. The van der Waals surface area contributed by atoms with Gasteiger partial charge in [-0.15, -0.1) is 5.11 Å². The Balaban J connectivity index is 1.77. The molecule has 1 saturated heterocycles. The van der Waals surface area contributed by atoms with Gasteiger partial charge in [-0.05, 0) is 67.1 Å². The summed E-state index contributed by atoms with van der Waals surface area (Å²) >= 11 is 0. The molecule has 0 bridgehead atoms. The van der Waals surface area contributed by atoms with Crippen molar-refractivity contribution in [3.8, 4) is 5.75 Å². The van der Waals surface area contributed by atoms with E-state index >= 15 is 0 Å². The fraction of sp³-hybridized carbons (Fsp3) is 0.429. The number of phenols is 1. The summed E-state index contributed by atoms with van der Waals surface area (Å²) in [6.45, 7) is 5.39. The normalized spacial score (nSPS) is 17.1.